The van der Waals surface area contributed by atoms with Gasteiger partial charge in [-0.25, -0.2) is 4.98 Å². The van der Waals surface area contributed by atoms with Crippen LogP contribution in [-0.4, -0.2) is 32.9 Å². The minimum atomic E-state index is 0.946. The van der Waals surface area contributed by atoms with E-state index in [0.29, 0.717) is 0 Å². The molecule has 0 radical (unpaired) electrons. The van der Waals surface area contributed by atoms with Gasteiger partial charge in [-0.1, -0.05) is 24.6 Å². The van der Waals surface area contributed by atoms with Crippen LogP contribution in [0.3, 0.4) is 0 Å². The molecule has 0 spiro atoms. The molecule has 1 aliphatic rings. The van der Waals surface area contributed by atoms with E-state index < -0.39 is 0 Å². The van der Waals surface area contributed by atoms with Crippen molar-refractivity contribution in [3.8, 4) is 11.1 Å². The first-order chi connectivity index (χ1) is 16.3. The molecule has 0 amide bonds. The minimum Gasteiger partial charge on any atom is -0.355 e. The van der Waals surface area contributed by atoms with E-state index in [1.807, 2.05) is 24.0 Å². The molecule has 0 unspecified atom stereocenters. The Morgan fingerprint density at radius 2 is 1.73 bits per heavy atom. The lowest BCUT2D eigenvalue weighted by atomic mass is 10.0. The average Bonchev–Trinajstić information content (AvgIpc) is 3.33. The molecule has 6 heteroatoms. The van der Waals surface area contributed by atoms with Gasteiger partial charge in [-0.3, -0.25) is 14.9 Å². The van der Waals surface area contributed by atoms with E-state index in [-0.39, 0.29) is 0 Å². The Labute approximate surface area is 197 Å². The summed E-state index contributed by atoms with van der Waals surface area (Å²) in [5.74, 6) is 0. The van der Waals surface area contributed by atoms with Crippen LogP contribution >= 0.6 is 11.3 Å². The predicted octanol–water partition coefficient (Wildman–Crippen LogP) is 6.64. The highest BCUT2D eigenvalue weighted by atomic mass is 32.1. The summed E-state index contributed by atoms with van der Waals surface area (Å²) in [6, 6.07) is 19.1. The Morgan fingerprint density at radius 3 is 2.61 bits per heavy atom. The number of benzene rings is 2. The second kappa shape index (κ2) is 8.89. The third kappa shape index (κ3) is 4.32. The number of aromatic nitrogens is 3. The maximum atomic E-state index is 4.74. The lowest BCUT2D eigenvalue weighted by molar-refractivity contribution is 0.218. The molecule has 0 aliphatic carbocycles. The summed E-state index contributed by atoms with van der Waals surface area (Å²) in [6.07, 6.45) is 7.82. The number of thiazole rings is 1. The summed E-state index contributed by atoms with van der Waals surface area (Å²) in [7, 11) is 0. The first-order valence-electron chi connectivity index (χ1n) is 11.5. The van der Waals surface area contributed by atoms with Crippen molar-refractivity contribution in [1.82, 2.24) is 19.9 Å². The largest absolute Gasteiger partial charge is 0.355 e. The molecule has 164 valence electrons. The molecule has 6 rings (SSSR count). The highest BCUT2D eigenvalue weighted by Gasteiger charge is 2.11. The van der Waals surface area contributed by atoms with E-state index in [1.54, 1.807) is 11.3 Å². The second-order valence-corrected chi connectivity index (χ2v) is 9.51. The lowest BCUT2D eigenvalue weighted by Crippen LogP contribution is -2.29. The average molecular weight is 452 g/mol. The number of pyridine rings is 2. The molecule has 0 bridgehead atoms. The SMILES string of the molecule is c1cc(Nc2ccc3scnc3c2)c2ccc(-c3ccc(CN4CCCCC4)nc3)cc2n1. The summed E-state index contributed by atoms with van der Waals surface area (Å²) in [5.41, 5.74) is 9.32. The van der Waals surface area contributed by atoms with Crippen molar-refractivity contribution in [2.24, 2.45) is 0 Å². The van der Waals surface area contributed by atoms with E-state index in [2.05, 4.69) is 68.7 Å². The quantitative estimate of drug-likeness (QED) is 0.325. The van der Waals surface area contributed by atoms with Gasteiger partial charge in [0.05, 0.1) is 26.9 Å². The number of piperidine rings is 1. The Balaban J connectivity index is 1.24. The highest BCUT2D eigenvalue weighted by molar-refractivity contribution is 7.16. The van der Waals surface area contributed by atoms with Gasteiger partial charge >= 0.3 is 0 Å². The number of likely N-dealkylation sites (tertiary alicyclic amines) is 1. The van der Waals surface area contributed by atoms with Crippen molar-refractivity contribution in [2.75, 3.05) is 18.4 Å². The molecule has 0 atom stereocenters. The number of hydrogen-bond acceptors (Lipinski definition) is 6. The van der Waals surface area contributed by atoms with Crippen molar-refractivity contribution in [3.05, 3.63) is 78.2 Å². The number of nitrogens with zero attached hydrogens (tertiary/aromatic N) is 4. The van der Waals surface area contributed by atoms with Crippen LogP contribution in [0.15, 0.2) is 72.5 Å². The highest BCUT2D eigenvalue weighted by Crippen LogP contribution is 2.30. The summed E-state index contributed by atoms with van der Waals surface area (Å²) in [6.45, 7) is 3.32. The number of rotatable bonds is 5. The van der Waals surface area contributed by atoms with Crippen molar-refractivity contribution in [2.45, 2.75) is 25.8 Å². The third-order valence-corrected chi connectivity index (χ3v) is 7.15. The van der Waals surface area contributed by atoms with Crippen LogP contribution in [-0.2, 0) is 6.54 Å². The third-order valence-electron chi connectivity index (χ3n) is 6.34. The fourth-order valence-corrected chi connectivity index (χ4v) is 5.22. The standard InChI is InChI=1S/C27H25N5S/c1-2-12-32(13-3-1)17-22-6-4-20(16-29-22)19-5-8-23-24(10-11-28-25(23)14-19)31-21-7-9-27-26(15-21)30-18-33-27/h4-11,14-16,18H,1-3,12-13,17H2,(H,28,31). The number of fused-ring (bicyclic) bond motifs is 2. The van der Waals surface area contributed by atoms with Crippen molar-refractivity contribution < 1.29 is 0 Å². The van der Waals surface area contributed by atoms with Gasteiger partial charge in [0.1, 0.15) is 0 Å². The molecule has 5 aromatic rings. The van der Waals surface area contributed by atoms with E-state index in [4.69, 9.17) is 4.98 Å². The van der Waals surface area contributed by atoms with Gasteiger partial charge in [0.15, 0.2) is 0 Å². The van der Waals surface area contributed by atoms with Crippen LogP contribution in [0.2, 0.25) is 0 Å². The van der Waals surface area contributed by atoms with Gasteiger partial charge in [-0.05, 0) is 67.9 Å². The zero-order valence-electron chi connectivity index (χ0n) is 18.4. The van der Waals surface area contributed by atoms with Crippen LogP contribution in [0.4, 0.5) is 11.4 Å². The molecule has 1 saturated heterocycles. The lowest BCUT2D eigenvalue weighted by Gasteiger charge is -2.25. The van der Waals surface area contributed by atoms with Crippen molar-refractivity contribution in [3.63, 3.8) is 0 Å². The van der Waals surface area contributed by atoms with Crippen LogP contribution in [0, 0.1) is 0 Å². The fraction of sp³-hybridized carbons (Fsp3) is 0.222. The van der Waals surface area contributed by atoms with E-state index in [0.717, 1.165) is 51.2 Å². The fourth-order valence-electron chi connectivity index (χ4n) is 4.56. The normalized spacial score (nSPS) is 14.7. The van der Waals surface area contributed by atoms with Crippen LogP contribution < -0.4 is 5.32 Å². The second-order valence-electron chi connectivity index (χ2n) is 8.63. The Bertz CT molecular complexity index is 1400. The van der Waals surface area contributed by atoms with E-state index in [1.165, 1.54) is 37.1 Å². The summed E-state index contributed by atoms with van der Waals surface area (Å²) < 4.78 is 1.19. The maximum Gasteiger partial charge on any atom is 0.0832 e. The first-order valence-corrected chi connectivity index (χ1v) is 12.4. The van der Waals surface area contributed by atoms with Gasteiger partial charge in [-0.15, -0.1) is 11.3 Å². The van der Waals surface area contributed by atoms with Crippen molar-refractivity contribution in [1.29, 1.82) is 0 Å². The number of hydrogen-bond donors (Lipinski definition) is 1. The molecule has 4 heterocycles. The van der Waals surface area contributed by atoms with Gasteiger partial charge in [0, 0.05) is 41.3 Å². The van der Waals surface area contributed by atoms with Gasteiger partial charge < -0.3 is 5.32 Å². The monoisotopic (exact) mass is 451 g/mol. The molecule has 1 fully saturated rings. The summed E-state index contributed by atoms with van der Waals surface area (Å²) >= 11 is 1.66. The Morgan fingerprint density at radius 1 is 0.818 bits per heavy atom. The molecule has 5 nitrogen and oxygen atoms in total. The number of nitrogens with one attached hydrogen (secondary N) is 1. The van der Waals surface area contributed by atoms with Crippen LogP contribution in [0.5, 0.6) is 0 Å². The Kier molecular flexibility index (Phi) is 5.46. The minimum absolute atomic E-state index is 0.946. The van der Waals surface area contributed by atoms with E-state index in [9.17, 15) is 0 Å². The van der Waals surface area contributed by atoms with Gasteiger partial charge in [0.25, 0.3) is 0 Å². The molecule has 2 aromatic carbocycles. The van der Waals surface area contributed by atoms with Crippen LogP contribution in [0.25, 0.3) is 32.2 Å². The molecule has 3 aromatic heterocycles. The predicted molar refractivity (Wildman–Crippen MR) is 137 cm³/mol. The topological polar surface area (TPSA) is 53.9 Å². The first kappa shape index (κ1) is 20.3. The number of anilines is 2. The summed E-state index contributed by atoms with van der Waals surface area (Å²) in [4.78, 5) is 16.3. The molecule has 33 heavy (non-hydrogen) atoms. The molecular weight excluding hydrogens is 426 g/mol. The van der Waals surface area contributed by atoms with Gasteiger partial charge in [-0.2, -0.15) is 0 Å². The van der Waals surface area contributed by atoms with Crippen molar-refractivity contribution >= 4 is 43.8 Å². The van der Waals surface area contributed by atoms with Gasteiger partial charge in [0.2, 0.25) is 0 Å². The molecular formula is C27H25N5S. The maximum absolute atomic E-state index is 4.74. The zero-order chi connectivity index (χ0) is 22.0. The summed E-state index contributed by atoms with van der Waals surface area (Å²) in [5, 5.41) is 4.63. The zero-order valence-corrected chi connectivity index (χ0v) is 19.2. The molecule has 0 saturated carbocycles. The van der Waals surface area contributed by atoms with Crippen LogP contribution in [0.1, 0.15) is 25.0 Å². The van der Waals surface area contributed by atoms with E-state index >= 15 is 0 Å². The molecule has 1 aliphatic heterocycles. The molecule has 1 N–H and O–H groups in total. The smallest absolute Gasteiger partial charge is 0.0832 e. The Hall–Kier alpha value is -3.35.